The van der Waals surface area contributed by atoms with Gasteiger partial charge in [-0.05, 0) is 11.6 Å². The summed E-state index contributed by atoms with van der Waals surface area (Å²) in [4.78, 5) is 0. The molecular formula is C11H9F3O. The molecule has 0 heterocycles. The number of alkyl halides is 3. The van der Waals surface area contributed by atoms with Gasteiger partial charge in [-0.1, -0.05) is 37.4 Å². The summed E-state index contributed by atoms with van der Waals surface area (Å²) in [6, 6.07) is 4.33. The first kappa shape index (κ1) is 11.4. The molecule has 0 radical (unpaired) electrons. The Hall–Kier alpha value is -1.71. The fourth-order valence-corrected chi connectivity index (χ4v) is 1.17. The Morgan fingerprint density at radius 3 is 2.27 bits per heavy atom. The molecule has 0 unspecified atom stereocenters. The minimum atomic E-state index is -4.70. The van der Waals surface area contributed by atoms with E-state index in [0.717, 1.165) is 0 Å². The fraction of sp³-hybridized carbons (Fsp3) is 0.0909. The third-order valence-electron chi connectivity index (χ3n) is 1.75. The second kappa shape index (κ2) is 4.21. The van der Waals surface area contributed by atoms with Crippen molar-refractivity contribution < 1.29 is 17.9 Å². The maximum absolute atomic E-state index is 12.0. The van der Waals surface area contributed by atoms with Gasteiger partial charge >= 0.3 is 6.36 Å². The molecule has 0 aliphatic carbocycles. The lowest BCUT2D eigenvalue weighted by molar-refractivity contribution is -0.274. The van der Waals surface area contributed by atoms with Crippen LogP contribution in [0.3, 0.4) is 0 Å². The maximum Gasteiger partial charge on any atom is 0.573 e. The highest BCUT2D eigenvalue weighted by Crippen LogP contribution is 2.29. The smallest absolute Gasteiger partial charge is 0.405 e. The zero-order chi connectivity index (χ0) is 11.5. The van der Waals surface area contributed by atoms with E-state index in [4.69, 9.17) is 0 Å². The van der Waals surface area contributed by atoms with E-state index in [-0.39, 0.29) is 11.3 Å². The van der Waals surface area contributed by atoms with Crippen molar-refractivity contribution in [1.82, 2.24) is 0 Å². The van der Waals surface area contributed by atoms with E-state index < -0.39 is 6.36 Å². The lowest BCUT2D eigenvalue weighted by atomic mass is 10.1. The summed E-state index contributed by atoms with van der Waals surface area (Å²) in [5.41, 5.74) is 0.830. The molecule has 0 aliphatic heterocycles. The zero-order valence-corrected chi connectivity index (χ0v) is 7.84. The van der Waals surface area contributed by atoms with Crippen LogP contribution in [0.1, 0.15) is 11.1 Å². The molecule has 0 aliphatic rings. The molecule has 4 heteroatoms. The normalized spacial score (nSPS) is 10.9. The van der Waals surface area contributed by atoms with Crippen molar-refractivity contribution in [3.05, 3.63) is 42.5 Å². The van der Waals surface area contributed by atoms with Crippen molar-refractivity contribution in [3.63, 3.8) is 0 Å². The first-order valence-corrected chi connectivity index (χ1v) is 4.11. The Kier molecular flexibility index (Phi) is 3.19. The highest BCUT2D eigenvalue weighted by molar-refractivity contribution is 5.68. The fourth-order valence-electron chi connectivity index (χ4n) is 1.17. The maximum atomic E-state index is 12.0. The van der Waals surface area contributed by atoms with Crippen molar-refractivity contribution in [3.8, 4) is 5.75 Å². The van der Waals surface area contributed by atoms with Gasteiger partial charge in [0.1, 0.15) is 5.75 Å². The van der Waals surface area contributed by atoms with Crippen LogP contribution in [0, 0.1) is 0 Å². The Balaban J connectivity index is 3.17. The Labute approximate surface area is 85.5 Å². The van der Waals surface area contributed by atoms with Gasteiger partial charge in [-0.15, -0.1) is 13.2 Å². The van der Waals surface area contributed by atoms with Gasteiger partial charge in [0, 0.05) is 5.56 Å². The molecule has 0 spiro atoms. The van der Waals surface area contributed by atoms with E-state index in [1.54, 1.807) is 6.07 Å². The lowest BCUT2D eigenvalue weighted by Gasteiger charge is -2.12. The quantitative estimate of drug-likeness (QED) is 0.742. The number of benzene rings is 1. The summed E-state index contributed by atoms with van der Waals surface area (Å²) in [6.07, 6.45) is -1.95. The van der Waals surface area contributed by atoms with Crippen molar-refractivity contribution in [2.45, 2.75) is 6.36 Å². The zero-order valence-electron chi connectivity index (χ0n) is 7.84. The molecule has 1 nitrogen and oxygen atoms in total. The number of ether oxygens (including phenoxy) is 1. The molecule has 0 atom stereocenters. The second-order valence-electron chi connectivity index (χ2n) is 2.72. The predicted molar refractivity (Wildman–Crippen MR) is 53.3 cm³/mol. The van der Waals surface area contributed by atoms with E-state index in [2.05, 4.69) is 17.9 Å². The van der Waals surface area contributed by atoms with Gasteiger partial charge in [0.15, 0.2) is 0 Å². The predicted octanol–water partition coefficient (Wildman–Crippen LogP) is 3.87. The average Bonchev–Trinajstić information content (AvgIpc) is 2.15. The molecule has 0 saturated carbocycles. The van der Waals surface area contributed by atoms with E-state index in [1.165, 1.54) is 24.3 Å². The first-order chi connectivity index (χ1) is 6.98. The molecule has 15 heavy (non-hydrogen) atoms. The van der Waals surface area contributed by atoms with Gasteiger partial charge in [-0.2, -0.15) is 0 Å². The highest BCUT2D eigenvalue weighted by atomic mass is 19.4. The molecular weight excluding hydrogens is 205 g/mol. The summed E-state index contributed by atoms with van der Waals surface area (Å²) in [5.74, 6) is -0.269. The van der Waals surface area contributed by atoms with Crippen molar-refractivity contribution in [2.24, 2.45) is 0 Å². The molecule has 1 aromatic rings. The Morgan fingerprint density at radius 1 is 1.13 bits per heavy atom. The van der Waals surface area contributed by atoms with Crippen molar-refractivity contribution in [2.75, 3.05) is 0 Å². The summed E-state index contributed by atoms with van der Waals surface area (Å²) >= 11 is 0. The van der Waals surface area contributed by atoms with Crippen LogP contribution in [0.5, 0.6) is 5.75 Å². The van der Waals surface area contributed by atoms with Gasteiger partial charge in [0.05, 0.1) is 0 Å². The van der Waals surface area contributed by atoms with Gasteiger partial charge in [0.25, 0.3) is 0 Å². The van der Waals surface area contributed by atoms with E-state index in [1.807, 2.05) is 0 Å². The summed E-state index contributed by atoms with van der Waals surface area (Å²) in [5, 5.41) is 0. The van der Waals surface area contributed by atoms with Crippen LogP contribution in [0.25, 0.3) is 12.2 Å². The van der Waals surface area contributed by atoms with Crippen LogP contribution in [-0.4, -0.2) is 6.36 Å². The van der Waals surface area contributed by atoms with Crippen LogP contribution >= 0.6 is 0 Å². The van der Waals surface area contributed by atoms with E-state index >= 15 is 0 Å². The summed E-state index contributed by atoms with van der Waals surface area (Å²) < 4.78 is 39.9. The van der Waals surface area contributed by atoms with Crippen LogP contribution in [0.2, 0.25) is 0 Å². The van der Waals surface area contributed by atoms with Crippen LogP contribution in [0.15, 0.2) is 31.4 Å². The summed E-state index contributed by atoms with van der Waals surface area (Å²) in [7, 11) is 0. The summed E-state index contributed by atoms with van der Waals surface area (Å²) in [6.45, 7) is 6.93. The number of rotatable bonds is 3. The second-order valence-corrected chi connectivity index (χ2v) is 2.72. The van der Waals surface area contributed by atoms with Crippen molar-refractivity contribution >= 4 is 12.2 Å². The van der Waals surface area contributed by atoms with Crippen LogP contribution in [0.4, 0.5) is 13.2 Å². The number of hydrogen-bond acceptors (Lipinski definition) is 1. The van der Waals surface area contributed by atoms with Gasteiger partial charge in [-0.25, -0.2) is 0 Å². The largest absolute Gasteiger partial charge is 0.573 e. The third kappa shape index (κ3) is 2.87. The van der Waals surface area contributed by atoms with Crippen LogP contribution in [-0.2, 0) is 0 Å². The average molecular weight is 214 g/mol. The minimum absolute atomic E-state index is 0.269. The standard InChI is InChI=1S/C11H9F3O/c1-3-8-6-5-7-10(9(8)4-2)15-11(12,13)14/h3-7H,1-2H2. The molecule has 0 aromatic heterocycles. The molecule has 0 amide bonds. The Bertz CT molecular complexity index is 380. The topological polar surface area (TPSA) is 9.23 Å². The molecule has 0 bridgehead atoms. The Morgan fingerprint density at radius 2 is 1.80 bits per heavy atom. The van der Waals surface area contributed by atoms with Crippen LogP contribution < -0.4 is 4.74 Å². The molecule has 0 fully saturated rings. The van der Waals surface area contributed by atoms with Gasteiger partial charge in [-0.3, -0.25) is 0 Å². The van der Waals surface area contributed by atoms with Crippen molar-refractivity contribution in [1.29, 1.82) is 0 Å². The molecule has 0 N–H and O–H groups in total. The number of hydrogen-bond donors (Lipinski definition) is 0. The molecule has 80 valence electrons. The minimum Gasteiger partial charge on any atom is -0.405 e. The monoisotopic (exact) mass is 214 g/mol. The SMILES string of the molecule is C=Cc1cccc(OC(F)(F)F)c1C=C. The third-order valence-corrected chi connectivity index (χ3v) is 1.75. The lowest BCUT2D eigenvalue weighted by Crippen LogP contribution is -2.17. The molecule has 0 saturated heterocycles. The number of halogens is 3. The first-order valence-electron chi connectivity index (χ1n) is 4.11. The molecule has 1 aromatic carbocycles. The van der Waals surface area contributed by atoms with Gasteiger partial charge in [0.2, 0.25) is 0 Å². The van der Waals surface area contributed by atoms with E-state index in [0.29, 0.717) is 5.56 Å². The molecule has 1 rings (SSSR count). The van der Waals surface area contributed by atoms with E-state index in [9.17, 15) is 13.2 Å². The highest BCUT2D eigenvalue weighted by Gasteiger charge is 2.31. The van der Waals surface area contributed by atoms with Gasteiger partial charge < -0.3 is 4.74 Å².